The zero-order valence-electron chi connectivity index (χ0n) is 15.0. The monoisotopic (exact) mass is 337 g/mol. The van der Waals surface area contributed by atoms with Crippen LogP contribution < -0.4 is 10.6 Å². The predicted octanol–water partition coefficient (Wildman–Crippen LogP) is 3.81. The van der Waals surface area contributed by atoms with Gasteiger partial charge in [-0.15, -0.1) is 0 Å². The minimum Gasteiger partial charge on any atom is -0.351 e. The molecule has 1 saturated carbocycles. The Bertz CT molecular complexity index is 567. The molecule has 1 aromatic rings. The zero-order chi connectivity index (χ0) is 17.7. The summed E-state index contributed by atoms with van der Waals surface area (Å²) < 4.78 is 14.3. The van der Waals surface area contributed by atoms with E-state index in [1.54, 1.807) is 6.92 Å². The lowest BCUT2D eigenvalue weighted by atomic mass is 9.85. The van der Waals surface area contributed by atoms with Gasteiger partial charge in [0.15, 0.2) is 11.5 Å². The van der Waals surface area contributed by atoms with Gasteiger partial charge in [-0.2, -0.15) is 15.0 Å². The van der Waals surface area contributed by atoms with Crippen LogP contribution in [0.4, 0.5) is 16.3 Å². The van der Waals surface area contributed by atoms with Gasteiger partial charge in [-0.25, -0.2) is 4.39 Å². The van der Waals surface area contributed by atoms with E-state index in [9.17, 15) is 9.18 Å². The molecule has 1 aliphatic carbocycles. The lowest BCUT2D eigenvalue weighted by Gasteiger charge is -2.28. The topological polar surface area (TPSA) is 79.8 Å². The highest BCUT2D eigenvalue weighted by molar-refractivity contribution is 5.88. The molecule has 1 unspecified atom stereocenters. The van der Waals surface area contributed by atoms with E-state index in [0.717, 1.165) is 0 Å². The molecule has 1 aromatic heterocycles. The van der Waals surface area contributed by atoms with E-state index in [2.05, 4.69) is 32.5 Å². The van der Waals surface area contributed by atoms with Crippen molar-refractivity contribution in [1.29, 1.82) is 0 Å². The summed E-state index contributed by atoms with van der Waals surface area (Å²) in [6, 6.07) is 0.193. The molecule has 0 aliphatic heterocycles. The van der Waals surface area contributed by atoms with Gasteiger partial charge in [0.2, 0.25) is 17.8 Å². The van der Waals surface area contributed by atoms with E-state index in [1.807, 2.05) is 0 Å². The van der Waals surface area contributed by atoms with E-state index in [1.165, 1.54) is 46.0 Å². The standard InChI is InChI=1S/C17H28FN5O/c1-5-13(24)20-16-22-14(17(3,4)18)21-15(23-16)19-11(2)12-9-7-6-8-10-12/h11-12H,5-10H2,1-4H3,(H2,19,20,21,22,23,24). The number of halogens is 1. The quantitative estimate of drug-likeness (QED) is 0.825. The largest absolute Gasteiger partial charge is 0.351 e. The second-order valence-electron chi connectivity index (χ2n) is 7.01. The molecule has 1 heterocycles. The summed E-state index contributed by atoms with van der Waals surface area (Å²) in [5.41, 5.74) is -1.71. The first-order valence-electron chi connectivity index (χ1n) is 8.81. The summed E-state index contributed by atoms with van der Waals surface area (Å²) >= 11 is 0. The molecule has 2 rings (SSSR count). The van der Waals surface area contributed by atoms with Crippen molar-refractivity contribution in [2.75, 3.05) is 10.6 Å². The van der Waals surface area contributed by atoms with Crippen LogP contribution in [0.5, 0.6) is 0 Å². The maximum Gasteiger partial charge on any atom is 0.234 e. The zero-order valence-corrected chi connectivity index (χ0v) is 15.0. The van der Waals surface area contributed by atoms with Crippen molar-refractivity contribution in [2.24, 2.45) is 5.92 Å². The molecule has 6 nitrogen and oxygen atoms in total. The molecule has 7 heteroatoms. The van der Waals surface area contributed by atoms with E-state index in [0.29, 0.717) is 18.3 Å². The molecule has 0 aromatic carbocycles. The van der Waals surface area contributed by atoms with Crippen LogP contribution >= 0.6 is 0 Å². The summed E-state index contributed by atoms with van der Waals surface area (Å²) in [7, 11) is 0. The maximum absolute atomic E-state index is 14.3. The summed E-state index contributed by atoms with van der Waals surface area (Å²) in [6.07, 6.45) is 6.45. The molecule has 2 N–H and O–H groups in total. The average Bonchev–Trinajstić information content (AvgIpc) is 2.54. The van der Waals surface area contributed by atoms with Gasteiger partial charge in [0.1, 0.15) is 0 Å². The van der Waals surface area contributed by atoms with Crippen LogP contribution in [0.1, 0.15) is 72.0 Å². The first-order valence-corrected chi connectivity index (χ1v) is 8.81. The molecule has 134 valence electrons. The number of hydrogen-bond acceptors (Lipinski definition) is 5. The first kappa shape index (κ1) is 18.5. The van der Waals surface area contributed by atoms with Crippen molar-refractivity contribution in [2.45, 2.75) is 77.9 Å². The highest BCUT2D eigenvalue weighted by atomic mass is 19.1. The molecule has 1 atom stereocenters. The van der Waals surface area contributed by atoms with Gasteiger partial charge in [0.05, 0.1) is 0 Å². The Morgan fingerprint density at radius 3 is 2.42 bits per heavy atom. The van der Waals surface area contributed by atoms with Crippen LogP contribution in [0.25, 0.3) is 0 Å². The van der Waals surface area contributed by atoms with E-state index in [4.69, 9.17) is 0 Å². The number of carbonyl (C=O) groups excluding carboxylic acids is 1. The van der Waals surface area contributed by atoms with Crippen LogP contribution in [0.2, 0.25) is 0 Å². The molecule has 1 amide bonds. The van der Waals surface area contributed by atoms with Crippen LogP contribution in [0, 0.1) is 5.92 Å². The number of carbonyl (C=O) groups is 1. The Morgan fingerprint density at radius 1 is 1.21 bits per heavy atom. The van der Waals surface area contributed by atoms with Gasteiger partial charge in [0, 0.05) is 12.5 Å². The van der Waals surface area contributed by atoms with Crippen molar-refractivity contribution >= 4 is 17.8 Å². The van der Waals surface area contributed by atoms with Gasteiger partial charge < -0.3 is 5.32 Å². The Kier molecular flexibility index (Phi) is 6.07. The van der Waals surface area contributed by atoms with Crippen LogP contribution in [0.3, 0.4) is 0 Å². The molecule has 0 spiro atoms. The van der Waals surface area contributed by atoms with Crippen molar-refractivity contribution in [3.8, 4) is 0 Å². The van der Waals surface area contributed by atoms with E-state index < -0.39 is 5.67 Å². The lowest BCUT2D eigenvalue weighted by Crippen LogP contribution is -2.29. The molecule has 24 heavy (non-hydrogen) atoms. The number of anilines is 2. The van der Waals surface area contributed by atoms with Gasteiger partial charge >= 0.3 is 0 Å². The van der Waals surface area contributed by atoms with Crippen molar-refractivity contribution in [1.82, 2.24) is 15.0 Å². The Labute approximate surface area is 143 Å². The molecule has 1 fully saturated rings. The maximum atomic E-state index is 14.3. The van der Waals surface area contributed by atoms with Crippen LogP contribution in [0.15, 0.2) is 0 Å². The number of nitrogens with zero attached hydrogens (tertiary/aromatic N) is 3. The normalized spacial score (nSPS) is 17.4. The predicted molar refractivity (Wildman–Crippen MR) is 92.5 cm³/mol. The van der Waals surface area contributed by atoms with Crippen LogP contribution in [-0.2, 0) is 10.5 Å². The molecule has 0 saturated heterocycles. The third kappa shape index (κ3) is 5.11. The third-order valence-electron chi connectivity index (χ3n) is 4.45. The number of nitrogens with one attached hydrogen (secondary N) is 2. The SMILES string of the molecule is CCC(=O)Nc1nc(NC(C)C2CCCCC2)nc(C(C)(C)F)n1. The first-order chi connectivity index (χ1) is 11.3. The summed E-state index contributed by atoms with van der Waals surface area (Å²) in [5.74, 6) is 0.773. The Balaban J connectivity index is 2.20. The van der Waals surface area contributed by atoms with Gasteiger partial charge in [-0.05, 0) is 39.5 Å². The van der Waals surface area contributed by atoms with E-state index in [-0.39, 0.29) is 23.7 Å². The number of amides is 1. The highest BCUT2D eigenvalue weighted by Crippen LogP contribution is 2.28. The van der Waals surface area contributed by atoms with E-state index >= 15 is 0 Å². The number of hydrogen-bond donors (Lipinski definition) is 2. The Morgan fingerprint density at radius 2 is 1.83 bits per heavy atom. The fraction of sp³-hybridized carbons (Fsp3) is 0.765. The molecular weight excluding hydrogens is 309 g/mol. The summed E-state index contributed by atoms with van der Waals surface area (Å²) in [5, 5.41) is 5.86. The van der Waals surface area contributed by atoms with Crippen LogP contribution in [-0.4, -0.2) is 26.9 Å². The van der Waals surface area contributed by atoms with Crippen molar-refractivity contribution in [3.05, 3.63) is 5.82 Å². The minimum atomic E-state index is -1.71. The minimum absolute atomic E-state index is 0.0160. The van der Waals surface area contributed by atoms with Crippen molar-refractivity contribution in [3.63, 3.8) is 0 Å². The second-order valence-corrected chi connectivity index (χ2v) is 7.01. The van der Waals surface area contributed by atoms with Gasteiger partial charge in [-0.3, -0.25) is 10.1 Å². The second kappa shape index (κ2) is 7.85. The summed E-state index contributed by atoms with van der Waals surface area (Å²) in [4.78, 5) is 24.1. The third-order valence-corrected chi connectivity index (χ3v) is 4.45. The van der Waals surface area contributed by atoms with Crippen molar-refractivity contribution < 1.29 is 9.18 Å². The van der Waals surface area contributed by atoms with Gasteiger partial charge in [-0.1, -0.05) is 26.2 Å². The number of rotatable bonds is 6. The lowest BCUT2D eigenvalue weighted by molar-refractivity contribution is -0.115. The van der Waals surface area contributed by atoms with Gasteiger partial charge in [0.25, 0.3) is 0 Å². The Hall–Kier alpha value is -1.79. The molecule has 0 radical (unpaired) electrons. The summed E-state index contributed by atoms with van der Waals surface area (Å²) in [6.45, 7) is 6.62. The molecular formula is C17H28FN5O. The fourth-order valence-corrected chi connectivity index (χ4v) is 2.93. The molecule has 1 aliphatic rings. The average molecular weight is 337 g/mol. The number of aromatic nitrogens is 3. The number of alkyl halides is 1. The highest BCUT2D eigenvalue weighted by Gasteiger charge is 2.26. The fourth-order valence-electron chi connectivity index (χ4n) is 2.93. The molecule has 0 bridgehead atoms. The smallest absolute Gasteiger partial charge is 0.234 e.